The quantitative estimate of drug-likeness (QED) is 0.558. The van der Waals surface area contributed by atoms with Crippen molar-refractivity contribution in [2.24, 2.45) is 23.2 Å². The van der Waals surface area contributed by atoms with Crippen molar-refractivity contribution >= 4 is 35.6 Å². The summed E-state index contributed by atoms with van der Waals surface area (Å²) in [6.07, 6.45) is 5.89. The van der Waals surface area contributed by atoms with Gasteiger partial charge >= 0.3 is 23.9 Å². The Labute approximate surface area is 142 Å². The number of carbonyl (C=O) groups is 4. The van der Waals surface area contributed by atoms with E-state index < -0.39 is 41.1 Å². The van der Waals surface area contributed by atoms with Gasteiger partial charge in [0, 0.05) is 0 Å². The predicted molar refractivity (Wildman–Crippen MR) is 83.0 cm³/mol. The highest BCUT2D eigenvalue weighted by Gasteiger charge is 2.55. The minimum absolute atomic E-state index is 0.355. The van der Waals surface area contributed by atoms with Crippen LogP contribution >= 0.6 is 11.8 Å². The third kappa shape index (κ3) is 2.25. The summed E-state index contributed by atoms with van der Waals surface area (Å²) >= 11 is 1.53. The van der Waals surface area contributed by atoms with Crippen LogP contribution in [0.15, 0.2) is 22.0 Å². The summed E-state index contributed by atoms with van der Waals surface area (Å²) in [5.41, 5.74) is -0.797. The van der Waals surface area contributed by atoms with Gasteiger partial charge < -0.3 is 9.47 Å². The third-order valence-corrected chi connectivity index (χ3v) is 6.58. The van der Waals surface area contributed by atoms with Crippen LogP contribution in [0.25, 0.3) is 0 Å². The molecule has 0 bridgehead atoms. The number of allylic oxidation sites excluding steroid dienone is 4. The molecule has 2 saturated heterocycles. The van der Waals surface area contributed by atoms with Gasteiger partial charge in [-0.05, 0) is 42.4 Å². The fraction of sp³-hybridized carbons (Fsp3) is 0.529. The Hall–Kier alpha value is -1.89. The fourth-order valence-corrected chi connectivity index (χ4v) is 5.20. The molecular formula is C17H16O6S. The molecule has 24 heavy (non-hydrogen) atoms. The molecule has 2 fully saturated rings. The van der Waals surface area contributed by atoms with Crippen molar-refractivity contribution < 1.29 is 28.7 Å². The first-order valence-corrected chi connectivity index (χ1v) is 8.78. The van der Waals surface area contributed by atoms with Crippen molar-refractivity contribution in [2.75, 3.05) is 0 Å². The maximum atomic E-state index is 12.0. The molecule has 0 saturated carbocycles. The van der Waals surface area contributed by atoms with Gasteiger partial charge in [0.25, 0.3) is 0 Å². The summed E-state index contributed by atoms with van der Waals surface area (Å²) < 4.78 is 9.51. The van der Waals surface area contributed by atoms with Crippen molar-refractivity contribution in [3.63, 3.8) is 0 Å². The average molecular weight is 348 g/mol. The van der Waals surface area contributed by atoms with Crippen LogP contribution in [0, 0.1) is 23.2 Å². The molecular weight excluding hydrogens is 332 g/mol. The van der Waals surface area contributed by atoms with E-state index in [0.29, 0.717) is 25.7 Å². The molecule has 2 aliphatic carbocycles. The van der Waals surface area contributed by atoms with E-state index in [2.05, 4.69) is 0 Å². The molecule has 0 aromatic carbocycles. The lowest BCUT2D eigenvalue weighted by atomic mass is 9.72. The first kappa shape index (κ1) is 15.6. The molecule has 0 aromatic heterocycles. The standard InChI is InChI=1S/C17H16O6S/c1-17-7-9(3-5-12(17)15(20)23-16(17)21)24-8-2-4-10-11(6-8)14(19)22-13(10)18/h2-3,10-12H,4-7H2,1H3. The Morgan fingerprint density at radius 2 is 1.67 bits per heavy atom. The minimum atomic E-state index is -0.797. The highest BCUT2D eigenvalue weighted by atomic mass is 32.2. The summed E-state index contributed by atoms with van der Waals surface area (Å²) in [5, 5.41) is 0. The van der Waals surface area contributed by atoms with E-state index in [1.165, 1.54) is 11.8 Å². The van der Waals surface area contributed by atoms with Gasteiger partial charge in [0.15, 0.2) is 0 Å². The second-order valence-corrected chi connectivity index (χ2v) is 8.18. The van der Waals surface area contributed by atoms with Crippen LogP contribution in [-0.2, 0) is 28.7 Å². The van der Waals surface area contributed by atoms with Crippen molar-refractivity contribution in [3.8, 4) is 0 Å². The van der Waals surface area contributed by atoms with E-state index in [4.69, 9.17) is 9.47 Å². The summed E-state index contributed by atoms with van der Waals surface area (Å²) in [6.45, 7) is 1.77. The van der Waals surface area contributed by atoms with E-state index in [1.807, 2.05) is 12.2 Å². The van der Waals surface area contributed by atoms with Crippen LogP contribution in [-0.4, -0.2) is 23.9 Å². The molecule has 0 aromatic rings. The van der Waals surface area contributed by atoms with Crippen LogP contribution in [0.2, 0.25) is 0 Å². The first-order valence-electron chi connectivity index (χ1n) is 7.96. The molecule has 0 radical (unpaired) electrons. The van der Waals surface area contributed by atoms with E-state index >= 15 is 0 Å². The van der Waals surface area contributed by atoms with Gasteiger partial charge in [-0.2, -0.15) is 0 Å². The average Bonchev–Trinajstić information content (AvgIpc) is 2.93. The number of esters is 4. The Balaban J connectivity index is 1.49. The smallest absolute Gasteiger partial charge is 0.320 e. The zero-order chi connectivity index (χ0) is 17.1. The highest BCUT2D eigenvalue weighted by Crippen LogP contribution is 2.51. The minimum Gasteiger partial charge on any atom is -0.393 e. The van der Waals surface area contributed by atoms with Crippen LogP contribution < -0.4 is 0 Å². The predicted octanol–water partition coefficient (Wildman–Crippen LogP) is 2.10. The topological polar surface area (TPSA) is 86.7 Å². The second-order valence-electron chi connectivity index (χ2n) is 6.93. The molecule has 0 spiro atoms. The molecule has 4 atom stereocenters. The van der Waals surface area contributed by atoms with Gasteiger partial charge in [-0.25, -0.2) is 0 Å². The summed E-state index contributed by atoms with van der Waals surface area (Å²) in [7, 11) is 0. The molecule has 6 nitrogen and oxygen atoms in total. The Morgan fingerprint density at radius 1 is 0.958 bits per heavy atom. The third-order valence-electron chi connectivity index (χ3n) is 5.41. The van der Waals surface area contributed by atoms with Crippen LogP contribution in [0.3, 0.4) is 0 Å². The zero-order valence-electron chi connectivity index (χ0n) is 13.1. The largest absolute Gasteiger partial charge is 0.393 e. The zero-order valence-corrected chi connectivity index (χ0v) is 13.9. The highest BCUT2D eigenvalue weighted by molar-refractivity contribution is 8.06. The Kier molecular flexibility index (Phi) is 3.46. The number of ether oxygens (including phenoxy) is 2. The molecule has 126 valence electrons. The molecule has 4 unspecified atom stereocenters. The molecule has 2 aliphatic heterocycles. The summed E-state index contributed by atoms with van der Waals surface area (Å²) in [4.78, 5) is 49.1. The Morgan fingerprint density at radius 3 is 2.46 bits per heavy atom. The summed E-state index contributed by atoms with van der Waals surface area (Å²) in [6, 6.07) is 0. The maximum absolute atomic E-state index is 12.0. The number of fused-ring (bicyclic) bond motifs is 2. The van der Waals surface area contributed by atoms with Crippen LogP contribution in [0.4, 0.5) is 0 Å². The van der Waals surface area contributed by atoms with Crippen molar-refractivity contribution in [3.05, 3.63) is 22.0 Å². The first-order chi connectivity index (χ1) is 11.4. The van der Waals surface area contributed by atoms with Crippen molar-refractivity contribution in [2.45, 2.75) is 32.6 Å². The SMILES string of the molecule is CC12CC(SC3=CCC4C(=O)OC(=O)C4C3)=CCC1C(=O)OC2=O. The van der Waals surface area contributed by atoms with Gasteiger partial charge in [0.1, 0.15) is 0 Å². The number of hydrogen-bond acceptors (Lipinski definition) is 7. The van der Waals surface area contributed by atoms with E-state index in [-0.39, 0.29) is 5.92 Å². The van der Waals surface area contributed by atoms with Gasteiger partial charge in [-0.1, -0.05) is 23.9 Å². The van der Waals surface area contributed by atoms with E-state index in [1.54, 1.807) is 6.92 Å². The normalized spacial score (nSPS) is 38.1. The van der Waals surface area contributed by atoms with Crippen molar-refractivity contribution in [1.29, 1.82) is 0 Å². The van der Waals surface area contributed by atoms with Gasteiger partial charge in [0.2, 0.25) is 0 Å². The van der Waals surface area contributed by atoms with Gasteiger partial charge in [0.05, 0.1) is 23.2 Å². The molecule has 0 amide bonds. The monoisotopic (exact) mass is 348 g/mol. The van der Waals surface area contributed by atoms with E-state index in [0.717, 1.165) is 9.81 Å². The number of carbonyl (C=O) groups excluding carboxylic acids is 4. The Bertz CT molecular complexity index is 735. The number of cyclic esters (lactones) is 4. The molecule has 4 aliphatic rings. The van der Waals surface area contributed by atoms with Crippen LogP contribution in [0.5, 0.6) is 0 Å². The van der Waals surface area contributed by atoms with Gasteiger partial charge in [-0.3, -0.25) is 19.2 Å². The lowest BCUT2D eigenvalue weighted by molar-refractivity contribution is -0.156. The maximum Gasteiger partial charge on any atom is 0.320 e. The molecule has 2 heterocycles. The van der Waals surface area contributed by atoms with Gasteiger partial charge in [-0.15, -0.1) is 0 Å². The number of rotatable bonds is 2. The van der Waals surface area contributed by atoms with E-state index in [9.17, 15) is 19.2 Å². The molecule has 4 rings (SSSR count). The second kappa shape index (κ2) is 5.31. The lowest BCUT2D eigenvalue weighted by Gasteiger charge is -2.30. The molecule has 0 N–H and O–H groups in total. The number of thioether (sulfide) groups is 1. The summed E-state index contributed by atoms with van der Waals surface area (Å²) in [5.74, 6) is -2.90. The van der Waals surface area contributed by atoms with Crippen LogP contribution in [0.1, 0.15) is 32.6 Å². The lowest BCUT2D eigenvalue weighted by Crippen LogP contribution is -2.33. The number of hydrogen-bond donors (Lipinski definition) is 0. The van der Waals surface area contributed by atoms with Crippen molar-refractivity contribution in [1.82, 2.24) is 0 Å². The molecule has 7 heteroatoms. The fourth-order valence-electron chi connectivity index (χ4n) is 3.87.